The highest BCUT2D eigenvalue weighted by Crippen LogP contribution is 2.39. The number of aryl methyl sites for hydroxylation is 1. The van der Waals surface area contributed by atoms with Crippen molar-refractivity contribution in [2.45, 2.75) is 45.0 Å². The molecule has 192 valence electrons. The number of hydrogen-bond acceptors (Lipinski definition) is 5. The molecule has 9 heteroatoms. The molecule has 3 aromatic rings. The van der Waals surface area contributed by atoms with E-state index in [1.54, 1.807) is 25.1 Å². The summed E-state index contributed by atoms with van der Waals surface area (Å²) in [4.78, 5) is 19.8. The third-order valence-electron chi connectivity index (χ3n) is 6.63. The Balaban J connectivity index is 1.83. The zero-order valence-electron chi connectivity index (χ0n) is 21.1. The van der Waals surface area contributed by atoms with Crippen molar-refractivity contribution in [3.63, 3.8) is 0 Å². The summed E-state index contributed by atoms with van der Waals surface area (Å²) in [5, 5.41) is 3.36. The lowest BCUT2D eigenvalue weighted by Gasteiger charge is -2.25. The number of ether oxygens (including phenoxy) is 1. The van der Waals surface area contributed by atoms with Crippen molar-refractivity contribution in [2.24, 2.45) is 7.05 Å². The number of alkyl halides is 3. The fraction of sp³-hybridized carbons (Fsp3) is 0.407. The molecule has 2 atom stereocenters. The first-order valence-corrected chi connectivity index (χ1v) is 12.0. The van der Waals surface area contributed by atoms with Crippen molar-refractivity contribution in [1.82, 2.24) is 9.55 Å². The highest BCUT2D eigenvalue weighted by atomic mass is 19.4. The first kappa shape index (κ1) is 25.8. The van der Waals surface area contributed by atoms with Gasteiger partial charge in [0, 0.05) is 45.4 Å². The van der Waals surface area contributed by atoms with Gasteiger partial charge in [-0.05, 0) is 42.7 Å². The Morgan fingerprint density at radius 1 is 1.17 bits per heavy atom. The minimum atomic E-state index is -4.61. The lowest BCUT2D eigenvalue weighted by Crippen LogP contribution is -2.31. The van der Waals surface area contributed by atoms with Gasteiger partial charge in [0.1, 0.15) is 11.5 Å². The van der Waals surface area contributed by atoms with Crippen LogP contribution >= 0.6 is 0 Å². The summed E-state index contributed by atoms with van der Waals surface area (Å²) in [6.45, 7) is 4.28. The Morgan fingerprint density at radius 2 is 1.89 bits per heavy atom. The Bertz CT molecular complexity index is 1320. The third kappa shape index (κ3) is 4.72. The van der Waals surface area contributed by atoms with Gasteiger partial charge < -0.3 is 15.0 Å². The van der Waals surface area contributed by atoms with Crippen LogP contribution in [-0.4, -0.2) is 36.4 Å². The second kappa shape index (κ2) is 9.97. The van der Waals surface area contributed by atoms with E-state index in [0.29, 0.717) is 30.8 Å². The molecule has 6 nitrogen and oxygen atoms in total. The van der Waals surface area contributed by atoms with Gasteiger partial charge in [0.2, 0.25) is 0 Å². The number of aromatic nitrogens is 2. The lowest BCUT2D eigenvalue weighted by atomic mass is 10.0. The molecule has 4 rings (SSSR count). The van der Waals surface area contributed by atoms with Gasteiger partial charge in [-0.3, -0.25) is 9.36 Å². The number of nitrogens with zero attached hydrogens (tertiary/aromatic N) is 3. The molecular formula is C27H31F3N4O2. The standard InChI is InChI=1S/C27H31F3N4O2/c1-6-21-24(32-23-18-11-9-8-10-16(18)14-22(23)36-7-2)26(35)34(5)25(31-21)19-13-12-17(33(3)4)15-20(19)27(28,29)30/h8-13,15,22-23,32H,6-7,14H2,1-5H3/t22-,23?/m0/s1. The molecule has 2 aromatic carbocycles. The molecule has 1 heterocycles. The van der Waals surface area contributed by atoms with Crippen LogP contribution < -0.4 is 15.8 Å². The van der Waals surface area contributed by atoms with E-state index in [0.717, 1.165) is 17.2 Å². The quantitative estimate of drug-likeness (QED) is 0.483. The van der Waals surface area contributed by atoms with Gasteiger partial charge in [-0.25, -0.2) is 4.98 Å². The van der Waals surface area contributed by atoms with Crippen LogP contribution in [0.4, 0.5) is 24.5 Å². The number of nitrogens with one attached hydrogen (secondary N) is 1. The molecule has 0 spiro atoms. The molecule has 0 bridgehead atoms. The molecule has 0 fully saturated rings. The van der Waals surface area contributed by atoms with E-state index in [4.69, 9.17) is 4.74 Å². The molecule has 36 heavy (non-hydrogen) atoms. The number of halogens is 3. The number of anilines is 2. The Hall–Kier alpha value is -3.33. The van der Waals surface area contributed by atoms with E-state index in [9.17, 15) is 18.0 Å². The minimum Gasteiger partial charge on any atom is -0.378 e. The van der Waals surface area contributed by atoms with Gasteiger partial charge in [-0.2, -0.15) is 13.2 Å². The van der Waals surface area contributed by atoms with Crippen LogP contribution in [0, 0.1) is 0 Å². The van der Waals surface area contributed by atoms with Crippen LogP contribution in [0.25, 0.3) is 11.4 Å². The molecule has 0 saturated heterocycles. The minimum absolute atomic E-state index is 0.0202. The summed E-state index contributed by atoms with van der Waals surface area (Å²) in [5.74, 6) is -0.0202. The monoisotopic (exact) mass is 500 g/mol. The molecule has 1 aliphatic carbocycles. The smallest absolute Gasteiger partial charge is 0.378 e. The maximum Gasteiger partial charge on any atom is 0.417 e. The summed E-state index contributed by atoms with van der Waals surface area (Å²) in [6, 6.07) is 11.8. The average Bonchev–Trinajstić information content (AvgIpc) is 3.18. The van der Waals surface area contributed by atoms with Crippen LogP contribution in [0.3, 0.4) is 0 Å². The van der Waals surface area contributed by atoms with Crippen LogP contribution in [-0.2, 0) is 30.8 Å². The molecule has 0 saturated carbocycles. The van der Waals surface area contributed by atoms with Gasteiger partial charge in [0.05, 0.1) is 23.4 Å². The maximum atomic E-state index is 14.0. The van der Waals surface area contributed by atoms with E-state index in [2.05, 4.69) is 10.3 Å². The number of hydrogen-bond donors (Lipinski definition) is 1. The topological polar surface area (TPSA) is 59.4 Å². The van der Waals surface area contributed by atoms with E-state index < -0.39 is 17.3 Å². The Morgan fingerprint density at radius 3 is 2.53 bits per heavy atom. The summed E-state index contributed by atoms with van der Waals surface area (Å²) in [7, 11) is 4.81. The van der Waals surface area contributed by atoms with Crippen LogP contribution in [0.15, 0.2) is 47.3 Å². The van der Waals surface area contributed by atoms with Crippen LogP contribution in [0.2, 0.25) is 0 Å². The number of rotatable bonds is 7. The van der Waals surface area contributed by atoms with Gasteiger partial charge in [0.25, 0.3) is 5.56 Å². The predicted octanol–water partition coefficient (Wildman–Crippen LogP) is 5.21. The second-order valence-corrected chi connectivity index (χ2v) is 9.12. The molecule has 1 aromatic heterocycles. The van der Waals surface area contributed by atoms with Crippen LogP contribution in [0.1, 0.15) is 42.3 Å². The normalized spacial score (nSPS) is 17.2. The van der Waals surface area contributed by atoms with Crippen LogP contribution in [0.5, 0.6) is 0 Å². The fourth-order valence-electron chi connectivity index (χ4n) is 4.78. The first-order chi connectivity index (χ1) is 17.1. The van der Waals surface area contributed by atoms with E-state index in [1.165, 1.54) is 17.7 Å². The zero-order valence-corrected chi connectivity index (χ0v) is 21.1. The van der Waals surface area contributed by atoms with E-state index in [-0.39, 0.29) is 29.2 Å². The fourth-order valence-corrected chi connectivity index (χ4v) is 4.78. The molecule has 1 unspecified atom stereocenters. The summed E-state index contributed by atoms with van der Waals surface area (Å²) in [5.41, 5.74) is 1.90. The van der Waals surface area contributed by atoms with Gasteiger partial charge >= 0.3 is 6.18 Å². The van der Waals surface area contributed by atoms with Crippen molar-refractivity contribution < 1.29 is 17.9 Å². The van der Waals surface area contributed by atoms with Gasteiger partial charge in [-0.1, -0.05) is 31.2 Å². The SMILES string of the molecule is CCO[C@H]1Cc2ccccc2C1Nc1c(CC)nc(-c2ccc(N(C)C)cc2C(F)(F)F)n(C)c1=O. The number of fused-ring (bicyclic) bond motifs is 1. The lowest BCUT2D eigenvalue weighted by molar-refractivity contribution is -0.137. The third-order valence-corrected chi connectivity index (χ3v) is 6.63. The summed E-state index contributed by atoms with van der Waals surface area (Å²) in [6.07, 6.45) is -3.70. The second-order valence-electron chi connectivity index (χ2n) is 9.12. The Kier molecular flexibility index (Phi) is 7.13. The molecule has 0 amide bonds. The molecule has 0 aliphatic heterocycles. The summed E-state index contributed by atoms with van der Waals surface area (Å²) < 4.78 is 49.3. The van der Waals surface area contributed by atoms with Crippen molar-refractivity contribution in [2.75, 3.05) is 30.9 Å². The maximum absolute atomic E-state index is 14.0. The van der Waals surface area contributed by atoms with Gasteiger partial charge in [-0.15, -0.1) is 0 Å². The molecule has 0 radical (unpaired) electrons. The van der Waals surface area contributed by atoms with E-state index >= 15 is 0 Å². The Labute approximate surface area is 208 Å². The number of benzene rings is 2. The highest BCUT2D eigenvalue weighted by molar-refractivity contribution is 5.68. The largest absolute Gasteiger partial charge is 0.417 e. The first-order valence-electron chi connectivity index (χ1n) is 12.0. The van der Waals surface area contributed by atoms with Crippen molar-refractivity contribution in [3.05, 3.63) is 75.2 Å². The molecule has 1 aliphatic rings. The zero-order chi connectivity index (χ0) is 26.2. The predicted molar refractivity (Wildman–Crippen MR) is 136 cm³/mol. The van der Waals surface area contributed by atoms with Gasteiger partial charge in [0.15, 0.2) is 0 Å². The van der Waals surface area contributed by atoms with Crippen molar-refractivity contribution in [1.29, 1.82) is 0 Å². The van der Waals surface area contributed by atoms with Crippen molar-refractivity contribution in [3.8, 4) is 11.4 Å². The highest BCUT2D eigenvalue weighted by Gasteiger charge is 2.37. The molecule has 1 N–H and O–H groups in total. The van der Waals surface area contributed by atoms with E-state index in [1.807, 2.05) is 38.1 Å². The van der Waals surface area contributed by atoms with Crippen molar-refractivity contribution >= 4 is 11.4 Å². The summed E-state index contributed by atoms with van der Waals surface area (Å²) >= 11 is 0. The molecular weight excluding hydrogens is 469 g/mol. The average molecular weight is 501 g/mol.